The third kappa shape index (κ3) is 3.93. The molecule has 0 saturated carbocycles. The Morgan fingerprint density at radius 2 is 1.95 bits per heavy atom. The fraction of sp³-hybridized carbons (Fsp3) is 0.857. The van der Waals surface area contributed by atoms with Crippen LogP contribution in [0, 0.1) is 11.3 Å². The smallest absolute Gasteiger partial charge is 0.311 e. The van der Waals surface area contributed by atoms with E-state index >= 15 is 0 Å². The van der Waals surface area contributed by atoms with Gasteiger partial charge in [-0.1, -0.05) is 13.8 Å². The minimum absolute atomic E-state index is 0.00308. The van der Waals surface area contributed by atoms with E-state index in [1.54, 1.807) is 4.90 Å². The van der Waals surface area contributed by atoms with Crippen molar-refractivity contribution in [1.82, 2.24) is 4.90 Å². The first-order valence-electron chi connectivity index (χ1n) is 7.10. The van der Waals surface area contributed by atoms with Crippen molar-refractivity contribution >= 4 is 11.9 Å². The quantitative estimate of drug-likeness (QED) is 0.674. The number of likely N-dealkylation sites (tertiary alicyclic amines) is 1. The lowest BCUT2D eigenvalue weighted by Crippen LogP contribution is -2.41. The third-order valence-electron chi connectivity index (χ3n) is 3.99. The zero-order valence-corrected chi connectivity index (χ0v) is 12.6. The van der Waals surface area contributed by atoms with Gasteiger partial charge in [0.05, 0.1) is 18.6 Å². The van der Waals surface area contributed by atoms with Crippen molar-refractivity contribution < 1.29 is 24.2 Å². The highest BCUT2D eigenvalue weighted by molar-refractivity contribution is 5.81. The first kappa shape index (κ1) is 16.9. The highest BCUT2D eigenvalue weighted by Gasteiger charge is 2.48. The molecule has 6 heteroatoms. The Morgan fingerprint density at radius 1 is 1.30 bits per heavy atom. The molecule has 0 radical (unpaired) electrons. The van der Waals surface area contributed by atoms with Gasteiger partial charge in [-0.2, -0.15) is 0 Å². The van der Waals surface area contributed by atoms with Gasteiger partial charge in [-0.05, 0) is 19.3 Å². The van der Waals surface area contributed by atoms with E-state index < -0.39 is 11.4 Å². The summed E-state index contributed by atoms with van der Waals surface area (Å²) in [5.74, 6) is -0.970. The van der Waals surface area contributed by atoms with Gasteiger partial charge in [-0.25, -0.2) is 0 Å². The van der Waals surface area contributed by atoms with Gasteiger partial charge in [0.25, 0.3) is 0 Å². The molecule has 0 aliphatic carbocycles. The summed E-state index contributed by atoms with van der Waals surface area (Å²) in [6, 6.07) is 0. The van der Waals surface area contributed by atoms with Gasteiger partial charge < -0.3 is 19.5 Å². The van der Waals surface area contributed by atoms with Gasteiger partial charge in [-0.3, -0.25) is 9.59 Å². The van der Waals surface area contributed by atoms with E-state index in [0.29, 0.717) is 32.8 Å². The van der Waals surface area contributed by atoms with Crippen LogP contribution in [-0.2, 0) is 19.1 Å². The fourth-order valence-electron chi connectivity index (χ4n) is 2.45. The number of amides is 1. The Kier molecular flexibility index (Phi) is 6.42. The number of hydrogen-bond donors (Lipinski definition) is 1. The molecule has 0 aromatic rings. The number of hydrogen-bond acceptors (Lipinski definition) is 4. The zero-order chi connectivity index (χ0) is 15.2. The Labute approximate surface area is 120 Å². The average Bonchev–Trinajstić information content (AvgIpc) is 2.84. The molecule has 0 spiro atoms. The predicted octanol–water partition coefficient (Wildman–Crippen LogP) is 0.999. The summed E-state index contributed by atoms with van der Waals surface area (Å²) < 4.78 is 10.3. The summed E-state index contributed by atoms with van der Waals surface area (Å²) in [5, 5.41) is 9.42. The lowest BCUT2D eigenvalue weighted by molar-refractivity contribution is -0.151. The summed E-state index contributed by atoms with van der Waals surface area (Å²) in [7, 11) is 0. The highest BCUT2D eigenvalue weighted by Crippen LogP contribution is 2.38. The molecular weight excluding hydrogens is 262 g/mol. The molecule has 1 saturated heterocycles. The van der Waals surface area contributed by atoms with Gasteiger partial charge in [0, 0.05) is 19.7 Å². The molecule has 0 aromatic carbocycles. The minimum atomic E-state index is -0.819. The maximum absolute atomic E-state index is 12.0. The van der Waals surface area contributed by atoms with Gasteiger partial charge in [0.15, 0.2) is 0 Å². The van der Waals surface area contributed by atoms with Gasteiger partial charge in [-0.15, -0.1) is 0 Å². The summed E-state index contributed by atoms with van der Waals surface area (Å²) in [6.45, 7) is 7.89. The Bertz CT molecular complexity index is 344. The Morgan fingerprint density at radius 3 is 2.45 bits per heavy atom. The summed E-state index contributed by atoms with van der Waals surface area (Å²) in [6.07, 6.45) is 0.505. The number of ether oxygens (including phenoxy) is 2. The molecule has 6 nitrogen and oxygen atoms in total. The maximum atomic E-state index is 12.0. The first-order valence-corrected chi connectivity index (χ1v) is 7.10. The van der Waals surface area contributed by atoms with E-state index in [4.69, 9.17) is 9.47 Å². The summed E-state index contributed by atoms with van der Waals surface area (Å²) in [5.41, 5.74) is -0.818. The molecule has 0 bridgehead atoms. The molecular formula is C14H25NO5. The number of nitrogens with zero attached hydrogens (tertiary/aromatic N) is 1. The van der Waals surface area contributed by atoms with Crippen molar-refractivity contribution in [2.24, 2.45) is 11.3 Å². The molecule has 1 N–H and O–H groups in total. The molecule has 1 fully saturated rings. The fourth-order valence-corrected chi connectivity index (χ4v) is 2.45. The van der Waals surface area contributed by atoms with E-state index in [9.17, 15) is 14.7 Å². The van der Waals surface area contributed by atoms with Crippen LogP contribution in [-0.4, -0.2) is 61.4 Å². The van der Waals surface area contributed by atoms with Crippen molar-refractivity contribution in [3.63, 3.8) is 0 Å². The lowest BCUT2D eigenvalue weighted by atomic mass is 9.76. The molecule has 1 rings (SSSR count). The lowest BCUT2D eigenvalue weighted by Gasteiger charge is -2.28. The van der Waals surface area contributed by atoms with E-state index in [-0.39, 0.29) is 25.0 Å². The number of carboxylic acids is 1. The van der Waals surface area contributed by atoms with Crippen LogP contribution in [0.1, 0.15) is 27.2 Å². The molecule has 116 valence electrons. The minimum Gasteiger partial charge on any atom is -0.481 e. The molecule has 1 heterocycles. The van der Waals surface area contributed by atoms with E-state index in [1.165, 1.54) is 0 Å². The Hall–Kier alpha value is -1.14. The normalized spacial score (nSPS) is 22.5. The van der Waals surface area contributed by atoms with Crippen LogP contribution in [0.4, 0.5) is 0 Å². The summed E-state index contributed by atoms with van der Waals surface area (Å²) >= 11 is 0. The monoisotopic (exact) mass is 287 g/mol. The van der Waals surface area contributed by atoms with Gasteiger partial charge >= 0.3 is 5.97 Å². The van der Waals surface area contributed by atoms with E-state index in [0.717, 1.165) is 0 Å². The Balaban J connectivity index is 2.42. The first-order chi connectivity index (χ1) is 9.44. The molecule has 1 atom stereocenters. The van der Waals surface area contributed by atoms with Crippen molar-refractivity contribution in [2.45, 2.75) is 27.2 Å². The molecule has 1 aliphatic heterocycles. The number of carboxylic acid groups (broad SMARTS) is 1. The van der Waals surface area contributed by atoms with Crippen LogP contribution < -0.4 is 0 Å². The summed E-state index contributed by atoms with van der Waals surface area (Å²) in [4.78, 5) is 25.0. The van der Waals surface area contributed by atoms with Crippen LogP contribution in [0.25, 0.3) is 0 Å². The number of carbonyl (C=O) groups excluding carboxylic acids is 1. The molecule has 20 heavy (non-hydrogen) atoms. The van der Waals surface area contributed by atoms with Crippen LogP contribution >= 0.6 is 0 Å². The van der Waals surface area contributed by atoms with Crippen LogP contribution in [0.5, 0.6) is 0 Å². The second-order valence-corrected chi connectivity index (χ2v) is 5.43. The third-order valence-corrected chi connectivity index (χ3v) is 3.99. The van der Waals surface area contributed by atoms with Crippen molar-refractivity contribution in [3.8, 4) is 0 Å². The van der Waals surface area contributed by atoms with Crippen LogP contribution in [0.15, 0.2) is 0 Å². The maximum Gasteiger partial charge on any atom is 0.311 e. The van der Waals surface area contributed by atoms with Gasteiger partial charge in [0.1, 0.15) is 6.61 Å². The molecule has 0 aromatic heterocycles. The van der Waals surface area contributed by atoms with E-state index in [1.807, 2.05) is 20.8 Å². The van der Waals surface area contributed by atoms with Gasteiger partial charge in [0.2, 0.25) is 5.91 Å². The standard InChI is InChI=1S/C14H25NO5/c1-4-19-7-8-20-9-12(16)15-6-5-14(10-15,11(2)3)13(17)18/h11H,4-10H2,1-3H3,(H,17,18). The van der Waals surface area contributed by atoms with Crippen LogP contribution in [0.3, 0.4) is 0 Å². The second kappa shape index (κ2) is 7.59. The van der Waals surface area contributed by atoms with Crippen molar-refractivity contribution in [3.05, 3.63) is 0 Å². The average molecular weight is 287 g/mol. The molecule has 1 unspecified atom stereocenters. The highest BCUT2D eigenvalue weighted by atomic mass is 16.5. The van der Waals surface area contributed by atoms with E-state index in [2.05, 4.69) is 0 Å². The van der Waals surface area contributed by atoms with Crippen molar-refractivity contribution in [2.75, 3.05) is 39.5 Å². The topological polar surface area (TPSA) is 76.1 Å². The second-order valence-electron chi connectivity index (χ2n) is 5.43. The SMILES string of the molecule is CCOCCOCC(=O)N1CCC(C(=O)O)(C(C)C)C1. The number of carbonyl (C=O) groups is 2. The predicted molar refractivity (Wildman–Crippen MR) is 73.4 cm³/mol. The number of rotatable bonds is 8. The zero-order valence-electron chi connectivity index (χ0n) is 12.6. The van der Waals surface area contributed by atoms with Crippen LogP contribution in [0.2, 0.25) is 0 Å². The largest absolute Gasteiger partial charge is 0.481 e. The molecule has 1 aliphatic rings. The molecule has 1 amide bonds. The number of aliphatic carboxylic acids is 1. The van der Waals surface area contributed by atoms with Crippen molar-refractivity contribution in [1.29, 1.82) is 0 Å².